The average Bonchev–Trinajstić information content (AvgIpc) is 2.88. The zero-order valence-electron chi connectivity index (χ0n) is 15.2. The van der Waals surface area contributed by atoms with Crippen LogP contribution in [0.4, 0.5) is 0 Å². The Bertz CT molecular complexity index is 1530. The van der Waals surface area contributed by atoms with Crippen molar-refractivity contribution in [3.05, 3.63) is 83.4 Å². The molecule has 4 nitrogen and oxygen atoms in total. The van der Waals surface area contributed by atoms with Gasteiger partial charge in [-0.1, -0.05) is 66.7 Å². The highest BCUT2D eigenvalue weighted by Gasteiger charge is 2.89. The Labute approximate surface area is 168 Å². The van der Waals surface area contributed by atoms with E-state index in [1.807, 2.05) is 60.7 Å². The number of fused-ring (bicyclic) bond motifs is 5. The van der Waals surface area contributed by atoms with Crippen LogP contribution in [0.2, 0.25) is 0 Å². The fraction of sp³-hybridized carbons (Fsp3) is 0.217. The van der Waals surface area contributed by atoms with Crippen molar-refractivity contribution >= 4 is 36.5 Å². The molecule has 2 fully saturated rings. The van der Waals surface area contributed by atoms with Gasteiger partial charge in [0.05, 0.1) is 21.3 Å². The summed E-state index contributed by atoms with van der Waals surface area (Å²) in [5.41, 5.74) is 1.33. The normalized spacial score (nSPS) is 36.0. The third-order valence-electron chi connectivity index (χ3n) is 7.70. The van der Waals surface area contributed by atoms with Crippen LogP contribution in [0.25, 0.3) is 16.8 Å². The van der Waals surface area contributed by atoms with E-state index in [1.165, 1.54) is 0 Å². The topological polar surface area (TPSA) is 68.3 Å². The lowest BCUT2D eigenvalue weighted by Gasteiger charge is -2.71. The Kier molecular flexibility index (Phi) is 2.54. The van der Waals surface area contributed by atoms with Crippen molar-refractivity contribution in [1.82, 2.24) is 0 Å². The summed E-state index contributed by atoms with van der Waals surface area (Å²) in [5.74, 6) is -0.454. The molecule has 1 saturated carbocycles. The maximum atomic E-state index is 13.7. The summed E-state index contributed by atoms with van der Waals surface area (Å²) in [6.07, 6.45) is 3.66. The Morgan fingerprint density at radius 1 is 0.862 bits per heavy atom. The van der Waals surface area contributed by atoms with Gasteiger partial charge in [0.1, 0.15) is 4.75 Å². The van der Waals surface area contributed by atoms with E-state index >= 15 is 0 Å². The van der Waals surface area contributed by atoms with Gasteiger partial charge in [-0.15, -0.1) is 0 Å². The first-order valence-corrected chi connectivity index (χ1v) is 12.8. The minimum atomic E-state index is -3.65. The van der Waals surface area contributed by atoms with E-state index in [4.69, 9.17) is 0 Å². The average molecular weight is 421 g/mol. The van der Waals surface area contributed by atoms with Crippen LogP contribution in [-0.2, 0) is 25.1 Å². The smallest absolute Gasteiger partial charge is 0.183 e. The molecular weight excluding hydrogens is 404 g/mol. The van der Waals surface area contributed by atoms with Crippen molar-refractivity contribution in [1.29, 1.82) is 0 Å². The van der Waals surface area contributed by atoms with Crippen molar-refractivity contribution in [2.45, 2.75) is 20.3 Å². The fourth-order valence-electron chi connectivity index (χ4n) is 6.80. The molecule has 0 aromatic heterocycles. The molecule has 2 heterocycles. The first kappa shape index (κ1) is 16.4. The number of rotatable bonds is 0. The van der Waals surface area contributed by atoms with Gasteiger partial charge in [0.25, 0.3) is 0 Å². The third kappa shape index (κ3) is 1.38. The predicted molar refractivity (Wildman–Crippen MR) is 111 cm³/mol. The van der Waals surface area contributed by atoms with Crippen LogP contribution in [0.5, 0.6) is 0 Å². The molecule has 4 unspecified atom stereocenters. The number of benzene rings is 3. The van der Waals surface area contributed by atoms with E-state index in [-0.39, 0.29) is 5.75 Å². The van der Waals surface area contributed by atoms with Crippen molar-refractivity contribution in [3.8, 4) is 0 Å². The summed E-state index contributed by atoms with van der Waals surface area (Å²) in [6.45, 7) is 0. The van der Waals surface area contributed by atoms with Gasteiger partial charge in [-0.2, -0.15) is 0 Å². The van der Waals surface area contributed by atoms with Gasteiger partial charge < -0.3 is 0 Å². The quantitative estimate of drug-likeness (QED) is 0.560. The standard InChI is InChI=1S/C23H16O4S2/c24-28(25)13-18-21-23(17-8-4-2-6-15(17)11-12-22(18,23)28)20-16-7-3-1-5-14(16)9-10-19(20)29(21,26)27/h1-12,18,21H,13H2. The second kappa shape index (κ2) is 4.50. The van der Waals surface area contributed by atoms with Crippen LogP contribution in [0, 0.1) is 5.92 Å². The summed E-state index contributed by atoms with van der Waals surface area (Å²) in [4.78, 5) is 0.301. The maximum Gasteiger partial charge on any atom is 0.183 e. The Morgan fingerprint density at radius 2 is 1.62 bits per heavy atom. The van der Waals surface area contributed by atoms with Crippen LogP contribution < -0.4 is 0 Å². The van der Waals surface area contributed by atoms with E-state index in [0.717, 1.165) is 21.9 Å². The molecule has 2 aliphatic heterocycles. The monoisotopic (exact) mass is 420 g/mol. The highest BCUT2D eigenvalue weighted by atomic mass is 32.2. The summed E-state index contributed by atoms with van der Waals surface area (Å²) in [7, 11) is -7.11. The first-order chi connectivity index (χ1) is 13.9. The van der Waals surface area contributed by atoms with Crippen LogP contribution >= 0.6 is 0 Å². The Morgan fingerprint density at radius 3 is 2.45 bits per heavy atom. The molecule has 0 N–H and O–H groups in total. The van der Waals surface area contributed by atoms with Crippen molar-refractivity contribution in [2.75, 3.05) is 5.75 Å². The molecule has 3 aromatic carbocycles. The number of hydrogen-bond donors (Lipinski definition) is 0. The number of sulfone groups is 2. The molecular formula is C23H16O4S2. The van der Waals surface area contributed by atoms with Gasteiger partial charge >= 0.3 is 0 Å². The predicted octanol–water partition coefficient (Wildman–Crippen LogP) is 3.11. The van der Waals surface area contributed by atoms with Crippen LogP contribution in [-0.4, -0.2) is 32.6 Å². The van der Waals surface area contributed by atoms with Gasteiger partial charge in [-0.3, -0.25) is 0 Å². The van der Waals surface area contributed by atoms with Crippen molar-refractivity contribution in [3.63, 3.8) is 0 Å². The minimum Gasteiger partial charge on any atom is -0.228 e. The molecule has 6 heteroatoms. The molecule has 4 aliphatic rings. The van der Waals surface area contributed by atoms with Crippen molar-refractivity contribution in [2.24, 2.45) is 5.92 Å². The van der Waals surface area contributed by atoms with Crippen molar-refractivity contribution < 1.29 is 16.8 Å². The van der Waals surface area contributed by atoms with Crippen LogP contribution in [0.1, 0.15) is 16.7 Å². The van der Waals surface area contributed by atoms with E-state index in [9.17, 15) is 16.8 Å². The molecule has 7 rings (SSSR count). The summed E-state index contributed by atoms with van der Waals surface area (Å²) in [6, 6.07) is 18.9. The fourth-order valence-corrected chi connectivity index (χ4v) is 12.5. The van der Waals surface area contributed by atoms with Gasteiger partial charge in [-0.25, -0.2) is 16.8 Å². The molecule has 0 radical (unpaired) electrons. The minimum absolute atomic E-state index is 0.0585. The second-order valence-electron chi connectivity index (χ2n) is 8.54. The number of hydrogen-bond acceptors (Lipinski definition) is 4. The van der Waals surface area contributed by atoms with E-state index in [2.05, 4.69) is 0 Å². The van der Waals surface area contributed by atoms with Crippen LogP contribution in [0.15, 0.2) is 71.6 Å². The molecule has 3 aromatic rings. The lowest BCUT2D eigenvalue weighted by Crippen LogP contribution is -2.86. The maximum absolute atomic E-state index is 13.7. The Balaban J connectivity index is 1.76. The second-order valence-corrected chi connectivity index (χ2v) is 12.8. The highest BCUT2D eigenvalue weighted by Crippen LogP contribution is 2.77. The largest absolute Gasteiger partial charge is 0.228 e. The third-order valence-corrected chi connectivity index (χ3v) is 12.6. The van der Waals surface area contributed by atoms with Gasteiger partial charge in [0.15, 0.2) is 19.7 Å². The summed E-state index contributed by atoms with van der Waals surface area (Å²) < 4.78 is 52.9. The molecule has 2 spiro atoms. The van der Waals surface area contributed by atoms with E-state index in [1.54, 1.807) is 12.1 Å². The summed E-state index contributed by atoms with van der Waals surface area (Å²) >= 11 is 0. The molecule has 1 saturated heterocycles. The highest BCUT2D eigenvalue weighted by molar-refractivity contribution is 7.96. The molecule has 144 valence electrons. The summed E-state index contributed by atoms with van der Waals surface area (Å²) in [5, 5.41) is 1.03. The zero-order valence-corrected chi connectivity index (χ0v) is 16.9. The molecule has 0 amide bonds. The van der Waals surface area contributed by atoms with E-state index in [0.29, 0.717) is 10.5 Å². The first-order valence-electron chi connectivity index (χ1n) is 9.64. The van der Waals surface area contributed by atoms with E-state index < -0.39 is 41.0 Å². The van der Waals surface area contributed by atoms with Gasteiger partial charge in [0.2, 0.25) is 0 Å². The van der Waals surface area contributed by atoms with Crippen LogP contribution in [0.3, 0.4) is 0 Å². The van der Waals surface area contributed by atoms with Gasteiger partial charge in [0, 0.05) is 5.92 Å². The lowest BCUT2D eigenvalue weighted by molar-refractivity contribution is 0.128. The zero-order chi connectivity index (χ0) is 19.8. The molecule has 0 bridgehead atoms. The SMILES string of the molecule is O=S1(=O)c2ccc3ccccc3c2C23c4ccccc4C=CC24C(CS4(=O)=O)C31. The van der Waals surface area contributed by atoms with Gasteiger partial charge in [-0.05, 0) is 33.5 Å². The lowest BCUT2D eigenvalue weighted by atomic mass is 9.45. The molecule has 2 aliphatic carbocycles. The Hall–Kier alpha value is -2.44. The molecule has 4 atom stereocenters. The molecule has 29 heavy (non-hydrogen) atoms.